The number of fused-ring (bicyclic) bond motifs is 2. The maximum atomic E-state index is 13.1. The number of methoxy groups -OCH3 is 2. The van der Waals surface area contributed by atoms with E-state index in [-0.39, 0.29) is 28.6 Å². The summed E-state index contributed by atoms with van der Waals surface area (Å²) in [4.78, 5) is 17.5. The van der Waals surface area contributed by atoms with Gasteiger partial charge < -0.3 is 23.5 Å². The van der Waals surface area contributed by atoms with Crippen LogP contribution in [-0.4, -0.2) is 58.6 Å². The number of carbonyl (C=O) groups is 1. The van der Waals surface area contributed by atoms with Crippen LogP contribution in [0.1, 0.15) is 17.5 Å². The first kappa shape index (κ1) is 25.0. The topological polar surface area (TPSA) is 85.4 Å². The Hall–Kier alpha value is -3.72. The molecule has 0 aliphatic carbocycles. The van der Waals surface area contributed by atoms with Crippen LogP contribution < -0.4 is 18.6 Å². The summed E-state index contributed by atoms with van der Waals surface area (Å²) in [5.74, 6) is 1.62. The lowest BCUT2D eigenvalue weighted by atomic mass is 10.1. The molecule has 0 radical (unpaired) electrons. The summed E-state index contributed by atoms with van der Waals surface area (Å²) in [5.41, 5.74) is 2.85. The van der Waals surface area contributed by atoms with E-state index in [9.17, 15) is 13.2 Å². The van der Waals surface area contributed by atoms with E-state index in [0.717, 1.165) is 29.8 Å². The second-order valence-corrected chi connectivity index (χ2v) is 11.0. The molecule has 9 heteroatoms. The zero-order valence-electron chi connectivity index (χ0n) is 21.1. The van der Waals surface area contributed by atoms with E-state index in [1.54, 1.807) is 38.5 Å². The van der Waals surface area contributed by atoms with E-state index in [2.05, 4.69) is 4.90 Å². The Labute approximate surface area is 217 Å². The predicted octanol–water partition coefficient (Wildman–Crippen LogP) is 3.81. The van der Waals surface area contributed by atoms with E-state index in [4.69, 9.17) is 13.7 Å². The van der Waals surface area contributed by atoms with Crippen molar-refractivity contribution >= 4 is 21.7 Å². The van der Waals surface area contributed by atoms with Crippen molar-refractivity contribution in [3.05, 3.63) is 77.9 Å². The van der Waals surface area contributed by atoms with Gasteiger partial charge >= 0.3 is 10.1 Å². The molecule has 0 aromatic heterocycles. The smallest absolute Gasteiger partial charge is 0.339 e. The minimum atomic E-state index is -3.89. The van der Waals surface area contributed by atoms with Gasteiger partial charge in [0.05, 0.1) is 26.7 Å². The fourth-order valence-electron chi connectivity index (χ4n) is 5.13. The molecule has 2 bridgehead atoms. The lowest BCUT2D eigenvalue weighted by Crippen LogP contribution is -2.49. The number of nitrogens with zero attached hydrogens (tertiary/aromatic N) is 2. The highest BCUT2D eigenvalue weighted by Crippen LogP contribution is 2.36. The standard InChI is InChI=1S/C28H30N2O6S/c1-19-4-11-25(12-5-19)37(32,33)36-24-9-7-21(8-10-24)29-17-23-16-22(29)18-30(23)28(31)15-20-6-13-26(34-2)27(14-20)35-3/h4-14,22-23H,15-18H2,1-3H3/t22-,23-/m0/s1. The number of aryl methyl sites for hydroxylation is 1. The molecule has 2 fully saturated rings. The highest BCUT2D eigenvalue weighted by molar-refractivity contribution is 7.87. The summed E-state index contributed by atoms with van der Waals surface area (Å²) in [5, 5.41) is 0. The number of benzene rings is 3. The summed E-state index contributed by atoms with van der Waals surface area (Å²) in [6, 6.07) is 19.6. The van der Waals surface area contributed by atoms with E-state index in [1.807, 2.05) is 42.2 Å². The Balaban J connectivity index is 1.20. The zero-order valence-corrected chi connectivity index (χ0v) is 21.9. The maximum Gasteiger partial charge on any atom is 0.339 e. The number of rotatable bonds is 8. The van der Waals surface area contributed by atoms with Crippen LogP contribution >= 0.6 is 0 Å². The summed E-state index contributed by atoms with van der Waals surface area (Å²) in [7, 11) is -0.725. The highest BCUT2D eigenvalue weighted by Gasteiger charge is 2.45. The number of carbonyl (C=O) groups excluding carboxylic acids is 1. The molecule has 1 amide bonds. The number of hydrogen-bond acceptors (Lipinski definition) is 7. The van der Waals surface area contributed by atoms with Crippen LogP contribution in [0.3, 0.4) is 0 Å². The van der Waals surface area contributed by atoms with Crippen LogP contribution in [0.4, 0.5) is 5.69 Å². The minimum Gasteiger partial charge on any atom is -0.493 e. The van der Waals surface area contributed by atoms with Gasteiger partial charge in [0.25, 0.3) is 0 Å². The predicted molar refractivity (Wildman–Crippen MR) is 140 cm³/mol. The molecule has 0 N–H and O–H groups in total. The van der Waals surface area contributed by atoms with E-state index in [1.165, 1.54) is 12.1 Å². The van der Waals surface area contributed by atoms with Gasteiger partial charge in [0.15, 0.2) is 11.5 Å². The normalized spacial score (nSPS) is 18.7. The van der Waals surface area contributed by atoms with Crippen LogP contribution in [0.15, 0.2) is 71.6 Å². The fourth-order valence-corrected chi connectivity index (χ4v) is 6.06. The number of amides is 1. The maximum absolute atomic E-state index is 13.1. The lowest BCUT2D eigenvalue weighted by Gasteiger charge is -2.35. The van der Waals surface area contributed by atoms with Crippen molar-refractivity contribution < 1.29 is 26.9 Å². The summed E-state index contributed by atoms with van der Waals surface area (Å²) < 4.78 is 41.1. The second-order valence-electron chi connectivity index (χ2n) is 9.45. The molecule has 2 aliphatic rings. The molecule has 8 nitrogen and oxygen atoms in total. The van der Waals surface area contributed by atoms with Crippen molar-refractivity contribution in [2.45, 2.75) is 36.7 Å². The molecule has 2 atom stereocenters. The van der Waals surface area contributed by atoms with Crippen LogP contribution in [-0.2, 0) is 21.3 Å². The minimum absolute atomic E-state index is 0.101. The molecule has 0 spiro atoms. The lowest BCUT2D eigenvalue weighted by molar-refractivity contribution is -0.131. The highest BCUT2D eigenvalue weighted by atomic mass is 32.2. The Morgan fingerprint density at radius 1 is 0.892 bits per heavy atom. The van der Waals surface area contributed by atoms with Crippen molar-refractivity contribution in [2.75, 3.05) is 32.2 Å². The van der Waals surface area contributed by atoms with Gasteiger partial charge in [0, 0.05) is 24.8 Å². The summed E-state index contributed by atoms with van der Waals surface area (Å²) >= 11 is 0. The van der Waals surface area contributed by atoms with Crippen molar-refractivity contribution in [1.82, 2.24) is 4.90 Å². The first-order chi connectivity index (χ1) is 17.8. The monoisotopic (exact) mass is 522 g/mol. The second kappa shape index (κ2) is 9.97. The molecule has 3 aromatic carbocycles. The van der Waals surface area contributed by atoms with Crippen LogP contribution in [0.2, 0.25) is 0 Å². The molecule has 194 valence electrons. The zero-order chi connectivity index (χ0) is 26.2. The number of piperazine rings is 1. The average molecular weight is 523 g/mol. The Bertz CT molecular complexity index is 1390. The van der Waals surface area contributed by atoms with Gasteiger partial charge in [-0.15, -0.1) is 0 Å². The quantitative estimate of drug-likeness (QED) is 0.416. The number of ether oxygens (including phenoxy) is 2. The molecule has 2 saturated heterocycles. The molecule has 0 unspecified atom stereocenters. The third kappa shape index (κ3) is 5.09. The third-order valence-corrected chi connectivity index (χ3v) is 8.31. The van der Waals surface area contributed by atoms with Crippen molar-refractivity contribution in [3.8, 4) is 17.2 Å². The van der Waals surface area contributed by atoms with Gasteiger partial charge in [0.2, 0.25) is 5.91 Å². The van der Waals surface area contributed by atoms with E-state index < -0.39 is 10.1 Å². The van der Waals surface area contributed by atoms with Crippen molar-refractivity contribution in [2.24, 2.45) is 0 Å². The van der Waals surface area contributed by atoms with Crippen molar-refractivity contribution in [3.63, 3.8) is 0 Å². The Morgan fingerprint density at radius 3 is 2.22 bits per heavy atom. The van der Waals surface area contributed by atoms with Crippen LogP contribution in [0, 0.1) is 6.92 Å². The number of likely N-dealkylation sites (tertiary alicyclic amines) is 1. The fraction of sp³-hybridized carbons (Fsp3) is 0.321. The number of anilines is 1. The molecular weight excluding hydrogens is 492 g/mol. The molecule has 5 rings (SSSR count). The number of hydrogen-bond donors (Lipinski definition) is 0. The summed E-state index contributed by atoms with van der Waals surface area (Å²) in [6.07, 6.45) is 1.22. The van der Waals surface area contributed by atoms with Crippen LogP contribution in [0.5, 0.6) is 17.2 Å². The largest absolute Gasteiger partial charge is 0.493 e. The van der Waals surface area contributed by atoms with E-state index in [0.29, 0.717) is 24.5 Å². The van der Waals surface area contributed by atoms with E-state index >= 15 is 0 Å². The molecule has 2 aliphatic heterocycles. The van der Waals surface area contributed by atoms with Crippen molar-refractivity contribution in [1.29, 1.82) is 0 Å². The molecule has 37 heavy (non-hydrogen) atoms. The molecule has 0 saturated carbocycles. The molecular formula is C28H30N2O6S. The third-order valence-electron chi connectivity index (χ3n) is 7.05. The average Bonchev–Trinajstić information content (AvgIpc) is 3.51. The Morgan fingerprint density at radius 2 is 1.59 bits per heavy atom. The van der Waals surface area contributed by atoms with Gasteiger partial charge in [-0.1, -0.05) is 23.8 Å². The first-order valence-corrected chi connectivity index (χ1v) is 13.6. The first-order valence-electron chi connectivity index (χ1n) is 12.2. The SMILES string of the molecule is COc1ccc(CC(=O)N2C[C@@H]3C[C@H]2CN3c2ccc(OS(=O)(=O)c3ccc(C)cc3)cc2)cc1OC. The summed E-state index contributed by atoms with van der Waals surface area (Å²) in [6.45, 7) is 3.30. The van der Waals surface area contributed by atoms with Gasteiger partial charge in [-0.2, -0.15) is 8.42 Å². The Kier molecular flexibility index (Phi) is 6.72. The van der Waals surface area contributed by atoms with Gasteiger partial charge in [0.1, 0.15) is 10.6 Å². The van der Waals surface area contributed by atoms with Gasteiger partial charge in [-0.05, 0) is 67.4 Å². The van der Waals surface area contributed by atoms with Crippen LogP contribution in [0.25, 0.3) is 0 Å². The molecule has 2 heterocycles. The van der Waals surface area contributed by atoms with Gasteiger partial charge in [-0.25, -0.2) is 0 Å². The van der Waals surface area contributed by atoms with Gasteiger partial charge in [-0.3, -0.25) is 4.79 Å². The molecule has 3 aromatic rings.